The first-order valence-electron chi connectivity index (χ1n) is 5.59. The van der Waals surface area contributed by atoms with Crippen molar-refractivity contribution in [2.24, 2.45) is 0 Å². The minimum Gasteiger partial charge on any atom is -0.372 e. The van der Waals surface area contributed by atoms with Crippen molar-refractivity contribution in [1.82, 2.24) is 4.98 Å². The second kappa shape index (κ2) is 4.72. The number of rotatable bonds is 1. The lowest BCUT2D eigenvalue weighted by Crippen LogP contribution is -2.46. The van der Waals surface area contributed by atoms with Crippen LogP contribution in [0.1, 0.15) is 19.4 Å². The Morgan fingerprint density at radius 2 is 2.00 bits per heavy atom. The largest absolute Gasteiger partial charge is 0.372 e. The molecular weight excluding hydrogens is 268 g/mol. The van der Waals surface area contributed by atoms with Crippen LogP contribution in [0, 0.1) is 6.92 Å². The van der Waals surface area contributed by atoms with Crippen molar-refractivity contribution in [1.29, 1.82) is 0 Å². The fourth-order valence-electron chi connectivity index (χ4n) is 2.10. The maximum atomic E-state index is 5.72. The monoisotopic (exact) mass is 284 g/mol. The number of halogens is 1. The Morgan fingerprint density at radius 3 is 2.62 bits per heavy atom. The molecule has 0 saturated carbocycles. The first-order chi connectivity index (χ1) is 7.58. The van der Waals surface area contributed by atoms with Crippen molar-refractivity contribution in [2.75, 3.05) is 18.0 Å². The number of anilines is 1. The Hall–Kier alpha value is -0.610. The normalized spacial score (nSPS) is 25.9. The van der Waals surface area contributed by atoms with Crippen molar-refractivity contribution < 1.29 is 4.74 Å². The third-order valence-corrected chi connectivity index (χ3v) is 3.76. The van der Waals surface area contributed by atoms with Gasteiger partial charge in [0.1, 0.15) is 5.82 Å². The molecule has 0 bridgehead atoms. The van der Waals surface area contributed by atoms with Gasteiger partial charge in [0.15, 0.2) is 0 Å². The molecule has 1 saturated heterocycles. The summed E-state index contributed by atoms with van der Waals surface area (Å²) < 4.78 is 6.82. The Bertz CT molecular complexity index is 373. The van der Waals surface area contributed by atoms with Crippen LogP contribution in [0.25, 0.3) is 0 Å². The van der Waals surface area contributed by atoms with E-state index in [4.69, 9.17) is 4.74 Å². The lowest BCUT2D eigenvalue weighted by molar-refractivity contribution is -0.00550. The van der Waals surface area contributed by atoms with Crippen LogP contribution < -0.4 is 4.90 Å². The first kappa shape index (κ1) is 11.9. The summed E-state index contributed by atoms with van der Waals surface area (Å²) in [6, 6.07) is 2.01. The Kier molecular flexibility index (Phi) is 3.50. The van der Waals surface area contributed by atoms with E-state index in [1.165, 1.54) is 5.56 Å². The van der Waals surface area contributed by atoms with Gasteiger partial charge in [-0.15, -0.1) is 0 Å². The predicted octanol–water partition coefficient (Wildman–Crippen LogP) is 2.77. The van der Waals surface area contributed by atoms with E-state index in [1.807, 2.05) is 12.3 Å². The highest BCUT2D eigenvalue weighted by atomic mass is 79.9. The fraction of sp³-hybridized carbons (Fsp3) is 0.583. The van der Waals surface area contributed by atoms with Crippen molar-refractivity contribution in [3.8, 4) is 0 Å². The van der Waals surface area contributed by atoms with Gasteiger partial charge >= 0.3 is 0 Å². The van der Waals surface area contributed by atoms with E-state index in [0.717, 1.165) is 23.4 Å². The smallest absolute Gasteiger partial charge is 0.143 e. The summed E-state index contributed by atoms with van der Waals surface area (Å²) in [6.07, 6.45) is 2.39. The fourth-order valence-corrected chi connectivity index (χ4v) is 2.58. The van der Waals surface area contributed by atoms with Gasteiger partial charge in [-0.05, 0) is 48.3 Å². The van der Waals surface area contributed by atoms with Crippen LogP contribution in [0.5, 0.6) is 0 Å². The van der Waals surface area contributed by atoms with Crippen LogP contribution >= 0.6 is 15.9 Å². The summed E-state index contributed by atoms with van der Waals surface area (Å²) in [6.45, 7) is 8.10. The molecule has 2 heterocycles. The van der Waals surface area contributed by atoms with Gasteiger partial charge in [-0.3, -0.25) is 0 Å². The number of morpholine rings is 1. The highest BCUT2D eigenvalue weighted by Crippen LogP contribution is 2.28. The SMILES string of the molecule is Cc1ccnc(N2C[C@@H](C)O[C@@H](C)C2)c1Br. The molecule has 0 radical (unpaired) electrons. The van der Waals surface area contributed by atoms with E-state index >= 15 is 0 Å². The quantitative estimate of drug-likeness (QED) is 0.793. The average molecular weight is 285 g/mol. The number of pyridine rings is 1. The zero-order valence-corrected chi connectivity index (χ0v) is 11.5. The zero-order chi connectivity index (χ0) is 11.7. The zero-order valence-electron chi connectivity index (χ0n) is 9.90. The highest BCUT2D eigenvalue weighted by Gasteiger charge is 2.24. The number of aryl methyl sites for hydroxylation is 1. The maximum absolute atomic E-state index is 5.72. The molecule has 1 aromatic heterocycles. The second-order valence-corrected chi connectivity index (χ2v) is 5.22. The molecule has 1 aromatic rings. The summed E-state index contributed by atoms with van der Waals surface area (Å²) in [4.78, 5) is 6.74. The molecule has 3 nitrogen and oxygen atoms in total. The van der Waals surface area contributed by atoms with E-state index in [2.05, 4.69) is 46.6 Å². The van der Waals surface area contributed by atoms with Gasteiger partial charge in [-0.25, -0.2) is 4.98 Å². The molecule has 0 aromatic carbocycles. The second-order valence-electron chi connectivity index (χ2n) is 4.43. The van der Waals surface area contributed by atoms with Crippen molar-refractivity contribution in [3.05, 3.63) is 22.3 Å². The Labute approximate surface area is 105 Å². The Morgan fingerprint density at radius 1 is 1.38 bits per heavy atom. The molecule has 0 N–H and O–H groups in total. The lowest BCUT2D eigenvalue weighted by Gasteiger charge is -2.36. The van der Waals surface area contributed by atoms with Crippen molar-refractivity contribution >= 4 is 21.7 Å². The highest BCUT2D eigenvalue weighted by molar-refractivity contribution is 9.10. The molecular formula is C12H17BrN2O. The average Bonchev–Trinajstić information content (AvgIpc) is 2.20. The van der Waals surface area contributed by atoms with Crippen molar-refractivity contribution in [2.45, 2.75) is 33.0 Å². The molecule has 88 valence electrons. The van der Waals surface area contributed by atoms with Gasteiger partial charge < -0.3 is 9.64 Å². The molecule has 16 heavy (non-hydrogen) atoms. The molecule has 1 fully saturated rings. The number of nitrogens with zero attached hydrogens (tertiary/aromatic N) is 2. The molecule has 1 aliphatic heterocycles. The van der Waals surface area contributed by atoms with E-state index in [9.17, 15) is 0 Å². The molecule has 0 unspecified atom stereocenters. The van der Waals surface area contributed by atoms with Crippen LogP contribution in [0.2, 0.25) is 0 Å². The van der Waals surface area contributed by atoms with Crippen LogP contribution in [0.15, 0.2) is 16.7 Å². The molecule has 2 atom stereocenters. The van der Waals surface area contributed by atoms with Crippen LogP contribution in [-0.4, -0.2) is 30.3 Å². The number of aromatic nitrogens is 1. The molecule has 0 amide bonds. The van der Waals surface area contributed by atoms with Crippen molar-refractivity contribution in [3.63, 3.8) is 0 Å². The third-order valence-electron chi connectivity index (χ3n) is 2.78. The minimum absolute atomic E-state index is 0.262. The van der Waals surface area contributed by atoms with Crippen LogP contribution in [-0.2, 0) is 4.74 Å². The van der Waals surface area contributed by atoms with E-state index in [-0.39, 0.29) is 12.2 Å². The third kappa shape index (κ3) is 2.38. The molecule has 0 aliphatic carbocycles. The van der Waals surface area contributed by atoms with Gasteiger partial charge in [-0.2, -0.15) is 0 Å². The molecule has 2 rings (SSSR count). The topological polar surface area (TPSA) is 25.4 Å². The predicted molar refractivity (Wildman–Crippen MR) is 68.9 cm³/mol. The van der Waals surface area contributed by atoms with Gasteiger partial charge in [0.2, 0.25) is 0 Å². The summed E-state index contributed by atoms with van der Waals surface area (Å²) in [5.74, 6) is 1.03. The Balaban J connectivity index is 2.26. The summed E-state index contributed by atoms with van der Waals surface area (Å²) in [5.41, 5.74) is 1.22. The number of hydrogen-bond donors (Lipinski definition) is 0. The van der Waals surface area contributed by atoms with E-state index in [1.54, 1.807) is 0 Å². The molecule has 0 spiro atoms. The lowest BCUT2D eigenvalue weighted by atomic mass is 10.2. The van der Waals surface area contributed by atoms with Crippen LogP contribution in [0.3, 0.4) is 0 Å². The number of ether oxygens (including phenoxy) is 1. The summed E-state index contributed by atoms with van der Waals surface area (Å²) in [7, 11) is 0. The maximum Gasteiger partial charge on any atom is 0.143 e. The van der Waals surface area contributed by atoms with Gasteiger partial charge in [-0.1, -0.05) is 0 Å². The summed E-state index contributed by atoms with van der Waals surface area (Å²) >= 11 is 3.61. The molecule has 1 aliphatic rings. The molecule has 4 heteroatoms. The van der Waals surface area contributed by atoms with Crippen LogP contribution in [0.4, 0.5) is 5.82 Å². The standard InChI is InChI=1S/C12H17BrN2O/c1-8-4-5-14-12(11(8)13)15-6-9(2)16-10(3)7-15/h4-5,9-10H,6-7H2,1-3H3/t9-,10+. The van der Waals surface area contributed by atoms with Gasteiger partial charge in [0.05, 0.1) is 16.7 Å². The summed E-state index contributed by atoms with van der Waals surface area (Å²) in [5, 5.41) is 0. The number of hydrogen-bond acceptors (Lipinski definition) is 3. The minimum atomic E-state index is 0.262. The van der Waals surface area contributed by atoms with E-state index < -0.39 is 0 Å². The van der Waals surface area contributed by atoms with Gasteiger partial charge in [0, 0.05) is 19.3 Å². The van der Waals surface area contributed by atoms with Gasteiger partial charge in [0.25, 0.3) is 0 Å². The van der Waals surface area contributed by atoms with E-state index in [0.29, 0.717) is 0 Å². The first-order valence-corrected chi connectivity index (χ1v) is 6.38.